The van der Waals surface area contributed by atoms with E-state index in [4.69, 9.17) is 26.8 Å². The molecule has 0 fully saturated rings. The van der Waals surface area contributed by atoms with Gasteiger partial charge >= 0.3 is 0 Å². The number of hydrogen-bond donors (Lipinski definition) is 1. The molecule has 1 rings (SSSR count). The van der Waals surface area contributed by atoms with E-state index in [-0.39, 0.29) is 0 Å². The van der Waals surface area contributed by atoms with Crippen LogP contribution in [0.3, 0.4) is 0 Å². The van der Waals surface area contributed by atoms with E-state index in [2.05, 4.69) is 0 Å². The first-order valence-electron chi connectivity index (χ1n) is 3.91. The number of anilines is 1. The Bertz CT molecular complexity index is 278. The highest BCUT2D eigenvalue weighted by Crippen LogP contribution is 2.24. The molecule has 1 aromatic carbocycles. The van der Waals surface area contributed by atoms with E-state index < -0.39 is 0 Å². The summed E-state index contributed by atoms with van der Waals surface area (Å²) in [4.78, 5) is 0. The van der Waals surface area contributed by atoms with Gasteiger partial charge in [-0.15, -0.1) is 0 Å². The highest BCUT2D eigenvalue weighted by molar-refractivity contribution is 6.30. The number of halogens is 1. The minimum Gasteiger partial charge on any atom is -0.489 e. The van der Waals surface area contributed by atoms with Gasteiger partial charge in [0.1, 0.15) is 12.4 Å². The van der Waals surface area contributed by atoms with Crippen LogP contribution in [0.5, 0.6) is 5.75 Å². The van der Waals surface area contributed by atoms with E-state index in [1.54, 1.807) is 25.3 Å². The van der Waals surface area contributed by atoms with Crippen LogP contribution in [0.2, 0.25) is 5.02 Å². The Hall–Kier alpha value is -0.930. The second-order valence-corrected chi connectivity index (χ2v) is 2.96. The Kier molecular flexibility index (Phi) is 3.86. The fourth-order valence-electron chi connectivity index (χ4n) is 0.868. The molecule has 0 aliphatic heterocycles. The van der Waals surface area contributed by atoms with Crippen LogP contribution >= 0.6 is 11.6 Å². The molecule has 13 heavy (non-hydrogen) atoms. The van der Waals surface area contributed by atoms with Gasteiger partial charge in [0.25, 0.3) is 0 Å². The van der Waals surface area contributed by atoms with E-state index in [1.165, 1.54) is 0 Å². The Balaban J connectivity index is 2.59. The molecule has 1 aromatic rings. The summed E-state index contributed by atoms with van der Waals surface area (Å²) in [6.07, 6.45) is 0. The summed E-state index contributed by atoms with van der Waals surface area (Å²) in [6.45, 7) is 1.01. The van der Waals surface area contributed by atoms with Crippen molar-refractivity contribution in [2.75, 3.05) is 26.1 Å². The zero-order valence-corrected chi connectivity index (χ0v) is 8.17. The monoisotopic (exact) mass is 201 g/mol. The predicted octanol–water partition coefficient (Wildman–Crippen LogP) is 1.95. The molecule has 0 saturated heterocycles. The van der Waals surface area contributed by atoms with Gasteiger partial charge in [0.2, 0.25) is 0 Å². The number of ether oxygens (including phenoxy) is 2. The number of nitrogen functional groups attached to an aromatic ring is 1. The lowest BCUT2D eigenvalue weighted by atomic mass is 10.3. The first kappa shape index (κ1) is 10.2. The average molecular weight is 202 g/mol. The molecule has 72 valence electrons. The predicted molar refractivity (Wildman–Crippen MR) is 53.2 cm³/mol. The van der Waals surface area contributed by atoms with Crippen LogP contribution in [0.25, 0.3) is 0 Å². The largest absolute Gasteiger partial charge is 0.489 e. The lowest BCUT2D eigenvalue weighted by Crippen LogP contribution is -2.05. The van der Waals surface area contributed by atoms with Gasteiger partial charge in [0.15, 0.2) is 0 Å². The van der Waals surface area contributed by atoms with Crippen molar-refractivity contribution < 1.29 is 9.47 Å². The molecule has 0 heterocycles. The molecule has 3 nitrogen and oxygen atoms in total. The molecule has 0 bridgehead atoms. The smallest absolute Gasteiger partial charge is 0.143 e. The fourth-order valence-corrected chi connectivity index (χ4v) is 1.03. The molecule has 0 unspecified atom stereocenters. The Labute approximate surface area is 82.4 Å². The summed E-state index contributed by atoms with van der Waals surface area (Å²) in [5, 5.41) is 0.613. The van der Waals surface area contributed by atoms with Crippen molar-refractivity contribution in [1.29, 1.82) is 0 Å². The van der Waals surface area contributed by atoms with Gasteiger partial charge in [0, 0.05) is 18.2 Å². The number of benzene rings is 1. The van der Waals surface area contributed by atoms with E-state index in [0.717, 1.165) is 0 Å². The minimum atomic E-state index is 0.473. The summed E-state index contributed by atoms with van der Waals surface area (Å²) in [5.41, 5.74) is 6.23. The van der Waals surface area contributed by atoms with Gasteiger partial charge < -0.3 is 15.2 Å². The van der Waals surface area contributed by atoms with Gasteiger partial charge in [-0.25, -0.2) is 0 Å². The zero-order valence-electron chi connectivity index (χ0n) is 7.42. The van der Waals surface area contributed by atoms with Crippen LogP contribution in [-0.2, 0) is 4.74 Å². The first-order chi connectivity index (χ1) is 6.24. The van der Waals surface area contributed by atoms with E-state index in [1.807, 2.05) is 0 Å². The maximum absolute atomic E-state index is 5.76. The molecule has 0 amide bonds. The van der Waals surface area contributed by atoms with Crippen molar-refractivity contribution in [2.24, 2.45) is 0 Å². The summed E-state index contributed by atoms with van der Waals surface area (Å²) in [5.74, 6) is 0.601. The van der Waals surface area contributed by atoms with Gasteiger partial charge in [-0.2, -0.15) is 0 Å². The highest BCUT2D eigenvalue weighted by Gasteiger charge is 2.00. The van der Waals surface area contributed by atoms with Crippen molar-refractivity contribution in [3.8, 4) is 5.75 Å². The molecule has 0 saturated carbocycles. The Morgan fingerprint density at radius 2 is 2.15 bits per heavy atom. The van der Waals surface area contributed by atoms with Crippen LogP contribution < -0.4 is 10.5 Å². The van der Waals surface area contributed by atoms with Gasteiger partial charge in [-0.1, -0.05) is 11.6 Å². The molecular formula is C9H12ClNO2. The average Bonchev–Trinajstić information content (AvgIpc) is 2.11. The third-order valence-corrected chi connectivity index (χ3v) is 1.76. The molecule has 0 radical (unpaired) electrons. The van der Waals surface area contributed by atoms with Gasteiger partial charge in [0.05, 0.1) is 12.3 Å². The summed E-state index contributed by atoms with van der Waals surface area (Å²) >= 11 is 5.76. The maximum atomic E-state index is 5.76. The van der Waals surface area contributed by atoms with Crippen LogP contribution in [0.4, 0.5) is 5.69 Å². The topological polar surface area (TPSA) is 44.5 Å². The van der Waals surface area contributed by atoms with Crippen molar-refractivity contribution in [3.05, 3.63) is 23.2 Å². The molecular weight excluding hydrogens is 190 g/mol. The number of hydrogen-bond acceptors (Lipinski definition) is 3. The third-order valence-electron chi connectivity index (χ3n) is 1.52. The highest BCUT2D eigenvalue weighted by atomic mass is 35.5. The molecule has 2 N–H and O–H groups in total. The summed E-state index contributed by atoms with van der Waals surface area (Å²) < 4.78 is 10.2. The van der Waals surface area contributed by atoms with E-state index in [0.29, 0.717) is 29.7 Å². The quantitative estimate of drug-likeness (QED) is 0.598. The van der Waals surface area contributed by atoms with Crippen molar-refractivity contribution >= 4 is 17.3 Å². The lowest BCUT2D eigenvalue weighted by Gasteiger charge is -2.08. The minimum absolute atomic E-state index is 0.473. The van der Waals surface area contributed by atoms with E-state index >= 15 is 0 Å². The molecule has 0 atom stereocenters. The maximum Gasteiger partial charge on any atom is 0.143 e. The standard InChI is InChI=1S/C9H12ClNO2/c1-12-4-5-13-9-6-7(10)2-3-8(9)11/h2-3,6H,4-5,11H2,1H3. The van der Waals surface area contributed by atoms with Crippen LogP contribution in [-0.4, -0.2) is 20.3 Å². The second kappa shape index (κ2) is 4.94. The summed E-state index contributed by atoms with van der Waals surface area (Å²) in [6, 6.07) is 5.12. The lowest BCUT2D eigenvalue weighted by molar-refractivity contribution is 0.146. The van der Waals surface area contributed by atoms with Crippen LogP contribution in [0, 0.1) is 0 Å². The number of rotatable bonds is 4. The molecule has 0 aliphatic carbocycles. The van der Waals surface area contributed by atoms with Crippen molar-refractivity contribution in [3.63, 3.8) is 0 Å². The number of nitrogens with two attached hydrogens (primary N) is 1. The van der Waals surface area contributed by atoms with Crippen LogP contribution in [0.1, 0.15) is 0 Å². The zero-order chi connectivity index (χ0) is 9.68. The SMILES string of the molecule is COCCOc1cc(Cl)ccc1N. The van der Waals surface area contributed by atoms with Crippen molar-refractivity contribution in [1.82, 2.24) is 0 Å². The first-order valence-corrected chi connectivity index (χ1v) is 4.28. The van der Waals surface area contributed by atoms with Crippen LogP contribution in [0.15, 0.2) is 18.2 Å². The second-order valence-electron chi connectivity index (χ2n) is 2.52. The molecule has 0 aliphatic rings. The summed E-state index contributed by atoms with van der Waals surface area (Å²) in [7, 11) is 1.62. The Morgan fingerprint density at radius 3 is 2.85 bits per heavy atom. The van der Waals surface area contributed by atoms with Gasteiger partial charge in [-0.3, -0.25) is 0 Å². The molecule has 0 aromatic heterocycles. The van der Waals surface area contributed by atoms with Gasteiger partial charge in [-0.05, 0) is 12.1 Å². The normalized spacial score (nSPS) is 10.0. The fraction of sp³-hybridized carbons (Fsp3) is 0.333. The Morgan fingerprint density at radius 1 is 1.38 bits per heavy atom. The molecule has 0 spiro atoms. The third kappa shape index (κ3) is 3.13. The van der Waals surface area contributed by atoms with E-state index in [9.17, 15) is 0 Å². The number of methoxy groups -OCH3 is 1. The van der Waals surface area contributed by atoms with Crippen molar-refractivity contribution in [2.45, 2.75) is 0 Å². The molecule has 4 heteroatoms.